The van der Waals surface area contributed by atoms with E-state index in [-0.39, 0.29) is 5.60 Å². The van der Waals surface area contributed by atoms with Crippen LogP contribution in [0.3, 0.4) is 0 Å². The van der Waals surface area contributed by atoms with Gasteiger partial charge in [-0.25, -0.2) is 9.67 Å². The monoisotopic (exact) mass is 217 g/mol. The van der Waals surface area contributed by atoms with Crippen molar-refractivity contribution in [2.24, 2.45) is 0 Å². The van der Waals surface area contributed by atoms with E-state index in [4.69, 9.17) is 16.3 Å². The van der Waals surface area contributed by atoms with Crippen molar-refractivity contribution < 1.29 is 4.74 Å². The Kier molecular flexibility index (Phi) is 3.89. The Hall–Kier alpha value is -0.610. The first kappa shape index (κ1) is 11.5. The summed E-state index contributed by atoms with van der Waals surface area (Å²) >= 11 is 5.68. The lowest BCUT2D eigenvalue weighted by Crippen LogP contribution is -2.22. The molecule has 0 radical (unpaired) electrons. The van der Waals surface area contributed by atoms with Crippen LogP contribution in [0.4, 0.5) is 0 Å². The quantitative estimate of drug-likeness (QED) is 0.723. The Morgan fingerprint density at radius 1 is 1.50 bits per heavy atom. The standard InChI is InChI=1S/C9H16ClN3O/c1-9(2,3)14-5-4-13-8(6-10)11-7-12-13/h7H,4-6H2,1-3H3. The van der Waals surface area contributed by atoms with Gasteiger partial charge >= 0.3 is 0 Å². The molecule has 0 aliphatic carbocycles. The largest absolute Gasteiger partial charge is 0.374 e. The van der Waals surface area contributed by atoms with Gasteiger partial charge in [-0.2, -0.15) is 5.10 Å². The smallest absolute Gasteiger partial charge is 0.141 e. The van der Waals surface area contributed by atoms with Gasteiger partial charge in [-0.1, -0.05) is 0 Å². The van der Waals surface area contributed by atoms with Crippen LogP contribution in [-0.2, 0) is 17.2 Å². The van der Waals surface area contributed by atoms with Gasteiger partial charge in [0.25, 0.3) is 0 Å². The van der Waals surface area contributed by atoms with Crippen LogP contribution >= 0.6 is 11.6 Å². The van der Waals surface area contributed by atoms with Crippen LogP contribution in [0.1, 0.15) is 26.6 Å². The molecule has 0 bridgehead atoms. The summed E-state index contributed by atoms with van der Waals surface area (Å²) in [5, 5.41) is 4.05. The van der Waals surface area contributed by atoms with Gasteiger partial charge in [0.05, 0.1) is 24.6 Å². The van der Waals surface area contributed by atoms with Crippen LogP contribution < -0.4 is 0 Å². The number of hydrogen-bond donors (Lipinski definition) is 0. The number of hydrogen-bond acceptors (Lipinski definition) is 3. The highest BCUT2D eigenvalue weighted by Gasteiger charge is 2.10. The average Bonchev–Trinajstić information content (AvgIpc) is 2.49. The fourth-order valence-electron chi connectivity index (χ4n) is 1.02. The number of ether oxygens (including phenoxy) is 1. The van der Waals surface area contributed by atoms with E-state index in [0.29, 0.717) is 19.0 Å². The number of nitrogens with zero attached hydrogens (tertiary/aromatic N) is 3. The van der Waals surface area contributed by atoms with Crippen LogP contribution in [0.25, 0.3) is 0 Å². The van der Waals surface area contributed by atoms with E-state index in [1.807, 2.05) is 20.8 Å². The van der Waals surface area contributed by atoms with E-state index < -0.39 is 0 Å². The summed E-state index contributed by atoms with van der Waals surface area (Å²) in [6.07, 6.45) is 1.51. The molecule has 14 heavy (non-hydrogen) atoms. The van der Waals surface area contributed by atoms with Crippen molar-refractivity contribution >= 4 is 11.6 Å². The lowest BCUT2D eigenvalue weighted by Gasteiger charge is -2.19. The van der Waals surface area contributed by atoms with Crippen molar-refractivity contribution in [2.75, 3.05) is 6.61 Å². The summed E-state index contributed by atoms with van der Waals surface area (Å²) in [4.78, 5) is 4.01. The number of rotatable bonds is 4. The minimum atomic E-state index is -0.109. The van der Waals surface area contributed by atoms with Gasteiger partial charge in [0.15, 0.2) is 0 Å². The van der Waals surface area contributed by atoms with Crippen LogP contribution in [-0.4, -0.2) is 27.0 Å². The molecule has 5 heteroatoms. The van der Waals surface area contributed by atoms with E-state index in [0.717, 1.165) is 5.82 Å². The van der Waals surface area contributed by atoms with Crippen LogP contribution in [0.2, 0.25) is 0 Å². The first-order chi connectivity index (χ1) is 6.53. The highest BCUT2D eigenvalue weighted by atomic mass is 35.5. The molecule has 0 aliphatic rings. The third kappa shape index (κ3) is 3.64. The van der Waals surface area contributed by atoms with E-state index in [1.54, 1.807) is 4.68 Å². The third-order valence-electron chi connectivity index (χ3n) is 1.65. The Labute approximate surface area is 89.2 Å². The van der Waals surface area contributed by atoms with Gasteiger partial charge in [-0.05, 0) is 20.8 Å². The van der Waals surface area contributed by atoms with Crippen molar-refractivity contribution in [1.82, 2.24) is 14.8 Å². The maximum Gasteiger partial charge on any atom is 0.141 e. The van der Waals surface area contributed by atoms with Crippen LogP contribution in [0, 0.1) is 0 Å². The SMILES string of the molecule is CC(C)(C)OCCn1ncnc1CCl. The molecule has 0 aromatic carbocycles. The zero-order valence-corrected chi connectivity index (χ0v) is 9.58. The minimum absolute atomic E-state index is 0.109. The second-order valence-corrected chi connectivity index (χ2v) is 4.26. The van der Waals surface area contributed by atoms with Gasteiger partial charge in [-0.15, -0.1) is 11.6 Å². The molecule has 0 atom stereocenters. The second-order valence-electron chi connectivity index (χ2n) is 3.99. The molecule has 1 aromatic rings. The maximum absolute atomic E-state index is 5.68. The molecule has 0 aliphatic heterocycles. The summed E-state index contributed by atoms with van der Waals surface area (Å²) < 4.78 is 7.33. The Morgan fingerprint density at radius 2 is 2.21 bits per heavy atom. The van der Waals surface area contributed by atoms with E-state index in [2.05, 4.69) is 10.1 Å². The molecular formula is C9H16ClN3O. The van der Waals surface area contributed by atoms with Crippen molar-refractivity contribution in [3.63, 3.8) is 0 Å². The van der Waals surface area contributed by atoms with Gasteiger partial charge in [0.1, 0.15) is 12.2 Å². The molecule has 0 fully saturated rings. The van der Waals surface area contributed by atoms with Crippen molar-refractivity contribution in [1.29, 1.82) is 0 Å². The first-order valence-electron chi connectivity index (χ1n) is 4.59. The molecule has 1 aromatic heterocycles. The minimum Gasteiger partial charge on any atom is -0.374 e. The topological polar surface area (TPSA) is 39.9 Å². The Balaban J connectivity index is 2.38. The van der Waals surface area contributed by atoms with E-state index in [1.165, 1.54) is 6.33 Å². The molecule has 0 amide bonds. The fraction of sp³-hybridized carbons (Fsp3) is 0.778. The summed E-state index contributed by atoms with van der Waals surface area (Å²) in [5.74, 6) is 1.17. The van der Waals surface area contributed by atoms with Crippen molar-refractivity contribution in [2.45, 2.75) is 38.8 Å². The zero-order chi connectivity index (χ0) is 10.6. The van der Waals surface area contributed by atoms with E-state index in [9.17, 15) is 0 Å². The summed E-state index contributed by atoms with van der Waals surface area (Å²) in [6.45, 7) is 7.39. The Morgan fingerprint density at radius 3 is 2.79 bits per heavy atom. The lowest BCUT2D eigenvalue weighted by molar-refractivity contribution is -0.00814. The van der Waals surface area contributed by atoms with Crippen molar-refractivity contribution in [3.05, 3.63) is 12.2 Å². The second kappa shape index (κ2) is 4.75. The predicted molar refractivity (Wildman–Crippen MR) is 55.3 cm³/mol. The molecule has 0 saturated heterocycles. The molecule has 0 saturated carbocycles. The third-order valence-corrected chi connectivity index (χ3v) is 1.89. The normalized spacial score (nSPS) is 12.0. The first-order valence-corrected chi connectivity index (χ1v) is 5.13. The van der Waals surface area contributed by atoms with Gasteiger partial charge in [0.2, 0.25) is 0 Å². The zero-order valence-electron chi connectivity index (χ0n) is 8.83. The van der Waals surface area contributed by atoms with E-state index >= 15 is 0 Å². The molecule has 0 unspecified atom stereocenters. The molecule has 80 valence electrons. The summed E-state index contributed by atoms with van der Waals surface area (Å²) in [7, 11) is 0. The fourth-order valence-corrected chi connectivity index (χ4v) is 1.22. The number of halogens is 1. The van der Waals surface area contributed by atoms with Crippen LogP contribution in [0.5, 0.6) is 0 Å². The number of alkyl halides is 1. The molecule has 0 N–H and O–H groups in total. The lowest BCUT2D eigenvalue weighted by atomic mass is 10.2. The number of aromatic nitrogens is 3. The van der Waals surface area contributed by atoms with Crippen LogP contribution in [0.15, 0.2) is 6.33 Å². The van der Waals surface area contributed by atoms with Crippen molar-refractivity contribution in [3.8, 4) is 0 Å². The molecular weight excluding hydrogens is 202 g/mol. The van der Waals surface area contributed by atoms with Gasteiger partial charge in [0, 0.05) is 0 Å². The molecule has 1 heterocycles. The van der Waals surface area contributed by atoms with Gasteiger partial charge in [-0.3, -0.25) is 0 Å². The molecule has 0 spiro atoms. The predicted octanol–water partition coefficient (Wildman–Crippen LogP) is 1.83. The Bertz CT molecular complexity index is 280. The highest BCUT2D eigenvalue weighted by Crippen LogP contribution is 2.07. The molecule has 1 rings (SSSR count). The molecule has 4 nitrogen and oxygen atoms in total. The average molecular weight is 218 g/mol. The van der Waals surface area contributed by atoms with Gasteiger partial charge < -0.3 is 4.74 Å². The summed E-state index contributed by atoms with van der Waals surface area (Å²) in [6, 6.07) is 0. The highest BCUT2D eigenvalue weighted by molar-refractivity contribution is 6.16. The summed E-state index contributed by atoms with van der Waals surface area (Å²) in [5.41, 5.74) is -0.109. The maximum atomic E-state index is 5.68.